The van der Waals surface area contributed by atoms with Gasteiger partial charge < -0.3 is 14.7 Å². The highest BCUT2D eigenvalue weighted by molar-refractivity contribution is 7.13. The van der Waals surface area contributed by atoms with Gasteiger partial charge in [-0.05, 0) is 50.4 Å². The van der Waals surface area contributed by atoms with Crippen molar-refractivity contribution in [2.45, 2.75) is 38.3 Å². The first-order valence-corrected chi connectivity index (χ1v) is 9.72. The molecule has 0 amide bonds. The fourth-order valence-electron chi connectivity index (χ4n) is 3.58. The largest absolute Gasteiger partial charge is 0.385 e. The lowest BCUT2D eigenvalue weighted by Crippen LogP contribution is -2.44. The lowest BCUT2D eigenvalue weighted by atomic mass is 10.1. The molecule has 1 aliphatic carbocycles. The van der Waals surface area contributed by atoms with Crippen molar-refractivity contribution in [2.24, 2.45) is 0 Å². The van der Waals surface area contributed by atoms with Gasteiger partial charge in [-0.2, -0.15) is 9.47 Å². The summed E-state index contributed by atoms with van der Waals surface area (Å²) in [7, 11) is 0. The summed E-state index contributed by atoms with van der Waals surface area (Å²) in [6, 6.07) is 4.28. The standard InChI is InChI=1S/C18H21N5O2S/c1-10-7-13(21-20-10)15-16-17(26-22-15)12(18(24)3-4-18)8-14(19-16)23-5-6-25-9-11(23)2/h7-8,11,24H,3-6,9H2,1-2H3,(H,20,21)/t11-/m1/s1. The molecule has 2 aliphatic rings. The van der Waals surface area contributed by atoms with Crippen LogP contribution in [-0.2, 0) is 10.3 Å². The average molecular weight is 371 g/mol. The molecule has 0 aromatic carbocycles. The number of morpholine rings is 1. The summed E-state index contributed by atoms with van der Waals surface area (Å²) < 4.78 is 11.2. The Labute approximate surface area is 155 Å². The maximum atomic E-state index is 10.9. The second-order valence-electron chi connectivity index (χ2n) is 7.31. The van der Waals surface area contributed by atoms with E-state index in [0.29, 0.717) is 13.2 Å². The van der Waals surface area contributed by atoms with E-state index in [9.17, 15) is 5.11 Å². The summed E-state index contributed by atoms with van der Waals surface area (Å²) in [5, 5.41) is 18.1. The molecule has 1 atom stereocenters. The normalized spacial score (nSPS) is 22.1. The molecule has 26 heavy (non-hydrogen) atoms. The Hall–Kier alpha value is -2.03. The van der Waals surface area contributed by atoms with Crippen molar-refractivity contribution in [1.29, 1.82) is 0 Å². The van der Waals surface area contributed by atoms with Gasteiger partial charge in [0.25, 0.3) is 0 Å². The number of hydrogen-bond donors (Lipinski definition) is 2. The number of nitrogens with one attached hydrogen (secondary N) is 1. The number of pyridine rings is 1. The predicted octanol–water partition coefficient (Wildman–Crippen LogP) is 2.60. The van der Waals surface area contributed by atoms with Crippen LogP contribution in [-0.4, -0.2) is 50.5 Å². The number of nitrogens with zero attached hydrogens (tertiary/aromatic N) is 4. The van der Waals surface area contributed by atoms with E-state index >= 15 is 0 Å². The summed E-state index contributed by atoms with van der Waals surface area (Å²) in [6.07, 6.45) is 1.58. The number of ether oxygens (including phenoxy) is 1. The number of aliphatic hydroxyl groups is 1. The van der Waals surface area contributed by atoms with Crippen LogP contribution in [0, 0.1) is 6.92 Å². The Morgan fingerprint density at radius 2 is 2.23 bits per heavy atom. The topological polar surface area (TPSA) is 87.2 Å². The minimum Gasteiger partial charge on any atom is -0.385 e. The zero-order valence-corrected chi connectivity index (χ0v) is 15.6. The molecule has 1 saturated heterocycles. The first kappa shape index (κ1) is 16.2. The minimum atomic E-state index is -0.737. The number of H-pyrrole nitrogens is 1. The Balaban J connectivity index is 1.71. The van der Waals surface area contributed by atoms with Gasteiger partial charge in [-0.25, -0.2) is 4.98 Å². The van der Waals surface area contributed by atoms with Crippen molar-refractivity contribution >= 4 is 27.6 Å². The van der Waals surface area contributed by atoms with E-state index in [2.05, 4.69) is 32.5 Å². The van der Waals surface area contributed by atoms with Gasteiger partial charge in [0, 0.05) is 12.1 Å². The molecule has 1 saturated carbocycles. The number of hydrogen-bond acceptors (Lipinski definition) is 7. The van der Waals surface area contributed by atoms with E-state index in [0.717, 1.165) is 58.1 Å². The van der Waals surface area contributed by atoms with Gasteiger partial charge in [0.2, 0.25) is 0 Å². The van der Waals surface area contributed by atoms with Crippen LogP contribution in [0.5, 0.6) is 0 Å². The van der Waals surface area contributed by atoms with E-state index < -0.39 is 5.60 Å². The highest BCUT2D eigenvalue weighted by Gasteiger charge is 2.44. The zero-order valence-electron chi connectivity index (χ0n) is 14.8. The minimum absolute atomic E-state index is 0.250. The molecular formula is C18H21N5O2S. The fourth-order valence-corrected chi connectivity index (χ4v) is 4.52. The number of aromatic amines is 1. The van der Waals surface area contributed by atoms with Crippen LogP contribution in [0.25, 0.3) is 21.6 Å². The second kappa shape index (κ2) is 5.73. The number of aromatic nitrogens is 4. The molecule has 5 rings (SSSR count). The molecule has 2 N–H and O–H groups in total. The summed E-state index contributed by atoms with van der Waals surface area (Å²) in [5.74, 6) is 0.890. The van der Waals surface area contributed by atoms with E-state index in [1.54, 1.807) is 0 Å². The quantitative estimate of drug-likeness (QED) is 0.736. The van der Waals surface area contributed by atoms with Crippen molar-refractivity contribution < 1.29 is 9.84 Å². The van der Waals surface area contributed by atoms with Crippen LogP contribution in [0.2, 0.25) is 0 Å². The van der Waals surface area contributed by atoms with Gasteiger partial charge in [-0.3, -0.25) is 5.10 Å². The second-order valence-corrected chi connectivity index (χ2v) is 8.08. The van der Waals surface area contributed by atoms with Gasteiger partial charge in [0.05, 0.1) is 40.9 Å². The van der Waals surface area contributed by atoms with Crippen molar-refractivity contribution in [1.82, 2.24) is 19.6 Å². The first-order valence-electron chi connectivity index (χ1n) is 8.95. The molecule has 0 bridgehead atoms. The smallest absolute Gasteiger partial charge is 0.130 e. The molecule has 136 valence electrons. The Morgan fingerprint density at radius 3 is 2.92 bits per heavy atom. The maximum absolute atomic E-state index is 10.9. The summed E-state index contributed by atoms with van der Waals surface area (Å²) in [4.78, 5) is 7.22. The lowest BCUT2D eigenvalue weighted by Gasteiger charge is -2.34. The third kappa shape index (κ3) is 2.52. The molecule has 4 heterocycles. The molecular weight excluding hydrogens is 350 g/mol. The summed E-state index contributed by atoms with van der Waals surface area (Å²) in [6.45, 7) is 6.27. The van der Waals surface area contributed by atoms with Gasteiger partial charge in [-0.15, -0.1) is 0 Å². The van der Waals surface area contributed by atoms with E-state index in [4.69, 9.17) is 9.72 Å². The monoisotopic (exact) mass is 371 g/mol. The van der Waals surface area contributed by atoms with Crippen molar-refractivity contribution in [3.8, 4) is 11.4 Å². The fraction of sp³-hybridized carbons (Fsp3) is 0.500. The number of anilines is 1. The average Bonchev–Trinajstić information content (AvgIpc) is 3.04. The van der Waals surface area contributed by atoms with Gasteiger partial charge in [0.1, 0.15) is 17.0 Å². The van der Waals surface area contributed by atoms with Gasteiger partial charge >= 0.3 is 0 Å². The van der Waals surface area contributed by atoms with E-state index in [1.165, 1.54) is 11.5 Å². The Bertz CT molecular complexity index is 977. The number of rotatable bonds is 3. The van der Waals surface area contributed by atoms with Crippen LogP contribution in [0.15, 0.2) is 12.1 Å². The molecule has 3 aromatic heterocycles. The van der Waals surface area contributed by atoms with Crippen LogP contribution in [0.3, 0.4) is 0 Å². The Kier molecular flexibility index (Phi) is 3.57. The predicted molar refractivity (Wildman–Crippen MR) is 100 cm³/mol. The molecule has 2 fully saturated rings. The summed E-state index contributed by atoms with van der Waals surface area (Å²) >= 11 is 1.40. The molecule has 0 radical (unpaired) electrons. The van der Waals surface area contributed by atoms with Crippen molar-refractivity contribution in [2.75, 3.05) is 24.7 Å². The van der Waals surface area contributed by atoms with E-state index in [1.807, 2.05) is 13.0 Å². The highest BCUT2D eigenvalue weighted by Crippen LogP contribution is 2.50. The molecule has 8 heteroatoms. The van der Waals surface area contributed by atoms with E-state index in [-0.39, 0.29) is 6.04 Å². The third-order valence-corrected chi connectivity index (χ3v) is 6.13. The van der Waals surface area contributed by atoms with Crippen LogP contribution < -0.4 is 4.90 Å². The van der Waals surface area contributed by atoms with Crippen LogP contribution in [0.1, 0.15) is 31.0 Å². The molecule has 3 aromatic rings. The highest BCUT2D eigenvalue weighted by atomic mass is 32.1. The Morgan fingerprint density at radius 1 is 1.38 bits per heavy atom. The lowest BCUT2D eigenvalue weighted by molar-refractivity contribution is 0.0985. The third-order valence-electron chi connectivity index (χ3n) is 5.26. The van der Waals surface area contributed by atoms with Gasteiger partial charge in [-0.1, -0.05) is 0 Å². The SMILES string of the molecule is Cc1cc(-c2nsc3c(C4(O)CC4)cc(N4CCOC[C@H]4C)nc23)[nH]n1. The number of aryl methyl sites for hydroxylation is 1. The van der Waals surface area contributed by atoms with Crippen LogP contribution >= 0.6 is 11.5 Å². The molecule has 7 nitrogen and oxygen atoms in total. The van der Waals surface area contributed by atoms with Crippen molar-refractivity contribution in [3.05, 3.63) is 23.4 Å². The zero-order chi connectivity index (χ0) is 17.9. The molecule has 0 spiro atoms. The maximum Gasteiger partial charge on any atom is 0.130 e. The molecule has 1 aliphatic heterocycles. The number of fused-ring (bicyclic) bond motifs is 1. The van der Waals surface area contributed by atoms with Crippen LogP contribution in [0.4, 0.5) is 5.82 Å². The first-order chi connectivity index (χ1) is 12.5. The van der Waals surface area contributed by atoms with Gasteiger partial charge in [0.15, 0.2) is 0 Å². The van der Waals surface area contributed by atoms with Crippen molar-refractivity contribution in [3.63, 3.8) is 0 Å². The summed E-state index contributed by atoms with van der Waals surface area (Å²) in [5.41, 5.74) is 3.64. The molecule has 0 unspecified atom stereocenters.